The third kappa shape index (κ3) is 3.86. The van der Waals surface area contributed by atoms with Gasteiger partial charge in [0.25, 0.3) is 5.56 Å². The smallest absolute Gasteiger partial charge is 0.306 e. The fourth-order valence-electron chi connectivity index (χ4n) is 3.22. The largest absolute Gasteiger partial charge is 0.457 e. The van der Waals surface area contributed by atoms with Gasteiger partial charge in [-0.1, -0.05) is 42.5 Å². The number of ketones is 1. The van der Waals surface area contributed by atoms with Gasteiger partial charge in [0.15, 0.2) is 12.4 Å². The second kappa shape index (κ2) is 7.76. The van der Waals surface area contributed by atoms with Crippen LogP contribution in [-0.2, 0) is 16.0 Å². The summed E-state index contributed by atoms with van der Waals surface area (Å²) >= 11 is 0. The zero-order chi connectivity index (χ0) is 19.5. The Bertz CT molecular complexity index is 1080. The summed E-state index contributed by atoms with van der Waals surface area (Å²) in [6.07, 6.45) is 2.26. The van der Waals surface area contributed by atoms with Gasteiger partial charge in [0.2, 0.25) is 0 Å². The van der Waals surface area contributed by atoms with Crippen LogP contribution in [0.1, 0.15) is 41.5 Å². The Hall–Kier alpha value is -3.28. The fraction of sp³-hybridized carbons (Fsp3) is 0.273. The zero-order valence-corrected chi connectivity index (χ0v) is 15.3. The van der Waals surface area contributed by atoms with E-state index in [2.05, 4.69) is 4.98 Å². The van der Waals surface area contributed by atoms with Crippen molar-refractivity contribution in [2.24, 2.45) is 0 Å². The predicted octanol–water partition coefficient (Wildman–Crippen LogP) is 3.09. The van der Waals surface area contributed by atoms with Crippen LogP contribution in [0.4, 0.5) is 0 Å². The molecule has 1 saturated carbocycles. The molecule has 1 fully saturated rings. The normalized spacial score (nSPS) is 13.4. The highest BCUT2D eigenvalue weighted by Crippen LogP contribution is 2.34. The highest BCUT2D eigenvalue weighted by atomic mass is 16.5. The molecule has 3 aromatic rings. The molecule has 142 valence electrons. The Balaban J connectivity index is 1.44. The first-order valence-corrected chi connectivity index (χ1v) is 9.37. The SMILES string of the molecule is O=C(CCc1nc2ccccc2c(=O)n1C1CC1)OCC(=O)c1ccccc1. The molecule has 6 nitrogen and oxygen atoms in total. The maximum absolute atomic E-state index is 12.8. The van der Waals surface area contributed by atoms with Gasteiger partial charge < -0.3 is 4.74 Å². The van der Waals surface area contributed by atoms with E-state index in [1.54, 1.807) is 41.0 Å². The van der Waals surface area contributed by atoms with Crippen LogP contribution in [0.3, 0.4) is 0 Å². The van der Waals surface area contributed by atoms with Gasteiger partial charge in [-0.2, -0.15) is 0 Å². The Morgan fingerprint density at radius 2 is 1.75 bits per heavy atom. The molecule has 0 aliphatic heterocycles. The molecule has 6 heteroatoms. The van der Waals surface area contributed by atoms with Gasteiger partial charge in [0, 0.05) is 18.0 Å². The molecule has 0 unspecified atom stereocenters. The van der Waals surface area contributed by atoms with Crippen molar-refractivity contribution < 1.29 is 14.3 Å². The number of nitrogens with zero attached hydrogens (tertiary/aromatic N) is 2. The first-order valence-electron chi connectivity index (χ1n) is 9.37. The summed E-state index contributed by atoms with van der Waals surface area (Å²) in [7, 11) is 0. The standard InChI is InChI=1S/C22H20N2O4/c25-19(15-6-2-1-3-7-15)14-28-21(26)13-12-20-23-18-9-5-4-8-17(18)22(27)24(20)16-10-11-16/h1-9,16H,10-14H2. The highest BCUT2D eigenvalue weighted by molar-refractivity contribution is 5.97. The van der Waals surface area contributed by atoms with Crippen molar-refractivity contribution in [2.45, 2.75) is 31.7 Å². The van der Waals surface area contributed by atoms with Crippen molar-refractivity contribution in [3.8, 4) is 0 Å². The lowest BCUT2D eigenvalue weighted by Crippen LogP contribution is -2.25. The number of carbonyl (C=O) groups is 2. The molecule has 1 aliphatic rings. The molecule has 1 heterocycles. The van der Waals surface area contributed by atoms with E-state index in [1.807, 2.05) is 18.2 Å². The van der Waals surface area contributed by atoms with E-state index in [-0.39, 0.29) is 30.4 Å². The molecule has 0 N–H and O–H groups in total. The van der Waals surface area contributed by atoms with E-state index in [9.17, 15) is 14.4 Å². The van der Waals surface area contributed by atoms with Crippen molar-refractivity contribution in [3.63, 3.8) is 0 Å². The molecule has 0 amide bonds. The second-order valence-corrected chi connectivity index (χ2v) is 6.90. The van der Waals surface area contributed by atoms with Crippen LogP contribution in [-0.4, -0.2) is 27.9 Å². The maximum atomic E-state index is 12.8. The van der Waals surface area contributed by atoms with E-state index < -0.39 is 5.97 Å². The number of fused-ring (bicyclic) bond motifs is 1. The van der Waals surface area contributed by atoms with Gasteiger partial charge in [-0.3, -0.25) is 19.0 Å². The van der Waals surface area contributed by atoms with E-state index in [4.69, 9.17) is 4.74 Å². The minimum atomic E-state index is -0.478. The van der Waals surface area contributed by atoms with Crippen LogP contribution in [0.2, 0.25) is 0 Å². The van der Waals surface area contributed by atoms with Gasteiger partial charge in [-0.15, -0.1) is 0 Å². The monoisotopic (exact) mass is 376 g/mol. The molecule has 0 spiro atoms. The topological polar surface area (TPSA) is 78.3 Å². The number of Topliss-reactive ketones (excluding diaryl/α,β-unsaturated/α-hetero) is 1. The summed E-state index contributed by atoms with van der Waals surface area (Å²) in [5, 5.41) is 0.592. The molecule has 28 heavy (non-hydrogen) atoms. The minimum absolute atomic E-state index is 0.0595. The first kappa shape index (κ1) is 18.1. The lowest BCUT2D eigenvalue weighted by atomic mass is 10.1. The van der Waals surface area contributed by atoms with E-state index >= 15 is 0 Å². The van der Waals surface area contributed by atoms with Crippen LogP contribution >= 0.6 is 0 Å². The number of benzene rings is 2. The Labute approximate surface area is 161 Å². The second-order valence-electron chi connectivity index (χ2n) is 6.90. The molecule has 0 radical (unpaired) electrons. The predicted molar refractivity (Wildman–Crippen MR) is 104 cm³/mol. The quantitative estimate of drug-likeness (QED) is 0.468. The number of ether oxygens (including phenoxy) is 1. The summed E-state index contributed by atoms with van der Waals surface area (Å²) < 4.78 is 6.82. The Morgan fingerprint density at radius 1 is 1.04 bits per heavy atom. The molecule has 0 atom stereocenters. The lowest BCUT2D eigenvalue weighted by molar-refractivity contribution is -0.142. The average molecular weight is 376 g/mol. The fourth-order valence-corrected chi connectivity index (χ4v) is 3.22. The van der Waals surface area contributed by atoms with Gasteiger partial charge in [-0.25, -0.2) is 4.98 Å². The van der Waals surface area contributed by atoms with Crippen molar-refractivity contribution in [2.75, 3.05) is 6.61 Å². The van der Waals surface area contributed by atoms with Crippen LogP contribution in [0.5, 0.6) is 0 Å². The zero-order valence-electron chi connectivity index (χ0n) is 15.3. The molecular weight excluding hydrogens is 356 g/mol. The number of hydrogen-bond acceptors (Lipinski definition) is 5. The highest BCUT2D eigenvalue weighted by Gasteiger charge is 2.28. The maximum Gasteiger partial charge on any atom is 0.306 e. The molecule has 0 bridgehead atoms. The van der Waals surface area contributed by atoms with Crippen molar-refractivity contribution in [1.29, 1.82) is 0 Å². The summed E-state index contributed by atoms with van der Waals surface area (Å²) in [5.74, 6) is -0.126. The summed E-state index contributed by atoms with van der Waals surface area (Å²) in [4.78, 5) is 41.5. The summed E-state index contributed by atoms with van der Waals surface area (Å²) in [5.41, 5.74) is 1.08. The Kier molecular flexibility index (Phi) is 5.02. The summed E-state index contributed by atoms with van der Waals surface area (Å²) in [6.45, 7) is -0.288. The first-order chi connectivity index (χ1) is 13.6. The lowest BCUT2D eigenvalue weighted by Gasteiger charge is -2.12. The molecule has 0 saturated heterocycles. The van der Waals surface area contributed by atoms with Crippen LogP contribution in [0.15, 0.2) is 59.4 Å². The van der Waals surface area contributed by atoms with Gasteiger partial charge in [0.05, 0.1) is 17.3 Å². The van der Waals surface area contributed by atoms with Crippen LogP contribution < -0.4 is 5.56 Å². The van der Waals surface area contributed by atoms with Crippen molar-refractivity contribution in [3.05, 3.63) is 76.3 Å². The number of rotatable bonds is 7. The van der Waals surface area contributed by atoms with Gasteiger partial charge >= 0.3 is 5.97 Å². The third-order valence-corrected chi connectivity index (χ3v) is 4.81. The van der Waals surface area contributed by atoms with Gasteiger partial charge in [0.1, 0.15) is 5.82 Å². The molecule has 1 aliphatic carbocycles. The van der Waals surface area contributed by atoms with Crippen molar-refractivity contribution >= 4 is 22.7 Å². The number of esters is 1. The van der Waals surface area contributed by atoms with E-state index in [0.717, 1.165) is 12.8 Å². The molecule has 2 aromatic carbocycles. The number of hydrogen-bond donors (Lipinski definition) is 0. The van der Waals surface area contributed by atoms with Crippen LogP contribution in [0, 0.1) is 0 Å². The Morgan fingerprint density at radius 3 is 2.50 bits per heavy atom. The average Bonchev–Trinajstić information content (AvgIpc) is 3.56. The number of para-hydroxylation sites is 1. The number of aromatic nitrogens is 2. The minimum Gasteiger partial charge on any atom is -0.457 e. The molecule has 4 rings (SSSR count). The van der Waals surface area contributed by atoms with E-state index in [0.29, 0.717) is 28.7 Å². The molecule has 1 aromatic heterocycles. The molecular formula is C22H20N2O4. The number of aryl methyl sites for hydroxylation is 1. The van der Waals surface area contributed by atoms with E-state index in [1.165, 1.54) is 0 Å². The summed E-state index contributed by atoms with van der Waals surface area (Å²) in [6, 6.07) is 16.1. The number of carbonyl (C=O) groups excluding carboxylic acids is 2. The third-order valence-electron chi connectivity index (χ3n) is 4.81. The van der Waals surface area contributed by atoms with Gasteiger partial charge in [-0.05, 0) is 25.0 Å². The van der Waals surface area contributed by atoms with Crippen molar-refractivity contribution in [1.82, 2.24) is 9.55 Å². The van der Waals surface area contributed by atoms with Crippen LogP contribution in [0.25, 0.3) is 10.9 Å².